The molecule has 0 aliphatic rings. The van der Waals surface area contributed by atoms with Crippen molar-refractivity contribution in [3.05, 3.63) is 47.7 Å². The molecule has 18 heavy (non-hydrogen) atoms. The lowest BCUT2D eigenvalue weighted by molar-refractivity contribution is 0.102. The van der Waals surface area contributed by atoms with Gasteiger partial charge < -0.3 is 15.5 Å². The first-order chi connectivity index (χ1) is 8.58. The lowest BCUT2D eigenvalue weighted by atomic mass is 10.1. The van der Waals surface area contributed by atoms with Gasteiger partial charge in [0, 0.05) is 5.69 Å². The number of pyridine rings is 1. The molecule has 92 valence electrons. The van der Waals surface area contributed by atoms with Crippen LogP contribution in [0.4, 0.5) is 5.82 Å². The third-order valence-electron chi connectivity index (χ3n) is 2.38. The highest BCUT2D eigenvalue weighted by atomic mass is 16.3. The van der Waals surface area contributed by atoms with Crippen molar-refractivity contribution in [3.8, 4) is 11.5 Å². The van der Waals surface area contributed by atoms with Gasteiger partial charge in [-0.05, 0) is 31.2 Å². The summed E-state index contributed by atoms with van der Waals surface area (Å²) >= 11 is 0. The van der Waals surface area contributed by atoms with Gasteiger partial charge in [-0.15, -0.1) is 0 Å². The molecule has 3 N–H and O–H groups in total. The zero-order chi connectivity index (χ0) is 13.1. The number of phenols is 2. The van der Waals surface area contributed by atoms with Gasteiger partial charge in [-0.2, -0.15) is 0 Å². The van der Waals surface area contributed by atoms with Crippen molar-refractivity contribution >= 4 is 11.7 Å². The normalized spacial score (nSPS) is 10.1. The van der Waals surface area contributed by atoms with Gasteiger partial charge in [0.1, 0.15) is 22.9 Å². The van der Waals surface area contributed by atoms with Crippen LogP contribution in [0.1, 0.15) is 16.1 Å². The SMILES string of the molecule is Cc1cccc(NC(=O)c2c(O)cccc2O)n1. The number of aromatic hydroxyl groups is 2. The summed E-state index contributed by atoms with van der Waals surface area (Å²) in [5.74, 6) is -0.799. The summed E-state index contributed by atoms with van der Waals surface area (Å²) in [5.41, 5.74) is 0.593. The molecular formula is C13H12N2O3. The molecule has 0 radical (unpaired) electrons. The van der Waals surface area contributed by atoms with Crippen LogP contribution in [0.25, 0.3) is 0 Å². The largest absolute Gasteiger partial charge is 0.507 e. The Morgan fingerprint density at radius 1 is 1.11 bits per heavy atom. The lowest BCUT2D eigenvalue weighted by Crippen LogP contribution is -2.13. The van der Waals surface area contributed by atoms with Crippen molar-refractivity contribution < 1.29 is 15.0 Å². The van der Waals surface area contributed by atoms with Crippen molar-refractivity contribution in [2.45, 2.75) is 6.92 Å². The summed E-state index contributed by atoms with van der Waals surface area (Å²) in [5, 5.41) is 21.6. The first kappa shape index (κ1) is 11.9. The maximum absolute atomic E-state index is 11.9. The molecule has 1 amide bonds. The second-order valence-corrected chi connectivity index (χ2v) is 3.79. The fourth-order valence-corrected chi connectivity index (χ4v) is 1.55. The Labute approximate surface area is 104 Å². The van der Waals surface area contributed by atoms with Crippen LogP contribution in [-0.4, -0.2) is 21.1 Å². The number of rotatable bonds is 2. The number of carbonyl (C=O) groups excluding carboxylic acids is 1. The highest BCUT2D eigenvalue weighted by Crippen LogP contribution is 2.26. The van der Waals surface area contributed by atoms with Crippen molar-refractivity contribution in [3.63, 3.8) is 0 Å². The molecule has 0 bridgehead atoms. The number of amides is 1. The summed E-state index contributed by atoms with van der Waals surface area (Å²) in [7, 11) is 0. The van der Waals surface area contributed by atoms with Crippen LogP contribution in [0.3, 0.4) is 0 Å². The third kappa shape index (κ3) is 2.40. The van der Waals surface area contributed by atoms with Crippen molar-refractivity contribution in [1.82, 2.24) is 4.98 Å². The molecule has 2 rings (SSSR count). The Morgan fingerprint density at radius 2 is 1.72 bits per heavy atom. The van der Waals surface area contributed by atoms with Crippen LogP contribution in [-0.2, 0) is 0 Å². The van der Waals surface area contributed by atoms with Gasteiger partial charge in [-0.25, -0.2) is 4.98 Å². The molecule has 0 unspecified atom stereocenters. The maximum Gasteiger partial charge on any atom is 0.264 e. The average Bonchev–Trinajstić information content (AvgIpc) is 2.28. The molecule has 0 saturated heterocycles. The van der Waals surface area contributed by atoms with Crippen LogP contribution in [0.2, 0.25) is 0 Å². The van der Waals surface area contributed by atoms with E-state index in [1.807, 2.05) is 0 Å². The quantitative estimate of drug-likeness (QED) is 0.755. The molecule has 0 fully saturated rings. The minimum Gasteiger partial charge on any atom is -0.507 e. The van der Waals surface area contributed by atoms with E-state index in [0.29, 0.717) is 5.82 Å². The molecule has 1 aromatic heterocycles. The third-order valence-corrected chi connectivity index (χ3v) is 2.38. The smallest absolute Gasteiger partial charge is 0.264 e. The van der Waals surface area contributed by atoms with Crippen LogP contribution in [0.15, 0.2) is 36.4 Å². The zero-order valence-electron chi connectivity index (χ0n) is 9.71. The van der Waals surface area contributed by atoms with E-state index in [0.717, 1.165) is 5.69 Å². The number of anilines is 1. The van der Waals surface area contributed by atoms with Gasteiger partial charge in [0.05, 0.1) is 0 Å². The maximum atomic E-state index is 11.9. The van der Waals surface area contributed by atoms with Crippen molar-refractivity contribution in [1.29, 1.82) is 0 Å². The average molecular weight is 244 g/mol. The van der Waals surface area contributed by atoms with E-state index in [2.05, 4.69) is 10.3 Å². The highest BCUT2D eigenvalue weighted by molar-refractivity contribution is 6.07. The molecule has 0 atom stereocenters. The molecule has 2 aromatic rings. The monoisotopic (exact) mass is 244 g/mol. The molecule has 0 aliphatic heterocycles. The summed E-state index contributed by atoms with van der Waals surface area (Å²) < 4.78 is 0. The standard InChI is InChI=1S/C13H12N2O3/c1-8-4-2-7-11(14-8)15-13(18)12-9(16)5-3-6-10(12)17/h2-7,16-17H,1H3,(H,14,15,18). The number of hydrogen-bond donors (Lipinski definition) is 3. The number of phenolic OH excluding ortho intramolecular Hbond substituents is 2. The minimum absolute atomic E-state index is 0.166. The molecule has 0 aliphatic carbocycles. The van der Waals surface area contributed by atoms with Crippen LogP contribution >= 0.6 is 0 Å². The fourth-order valence-electron chi connectivity index (χ4n) is 1.55. The topological polar surface area (TPSA) is 82.5 Å². The second-order valence-electron chi connectivity index (χ2n) is 3.79. The fraction of sp³-hybridized carbons (Fsp3) is 0.0769. The number of aryl methyl sites for hydroxylation is 1. The molecular weight excluding hydrogens is 232 g/mol. The van der Waals surface area contributed by atoms with E-state index in [9.17, 15) is 15.0 Å². The number of benzene rings is 1. The number of nitrogens with zero attached hydrogens (tertiary/aromatic N) is 1. The molecule has 1 heterocycles. The van der Waals surface area contributed by atoms with E-state index < -0.39 is 5.91 Å². The molecule has 5 heteroatoms. The Kier molecular flexibility index (Phi) is 3.14. The first-order valence-corrected chi connectivity index (χ1v) is 5.34. The molecule has 0 saturated carbocycles. The van der Waals surface area contributed by atoms with Crippen LogP contribution in [0, 0.1) is 6.92 Å². The van der Waals surface area contributed by atoms with Gasteiger partial charge in [0.15, 0.2) is 0 Å². The lowest BCUT2D eigenvalue weighted by Gasteiger charge is -2.08. The Morgan fingerprint density at radius 3 is 2.33 bits per heavy atom. The Balaban J connectivity index is 2.28. The number of aromatic nitrogens is 1. The summed E-state index contributed by atoms with van der Waals surface area (Å²) in [6, 6.07) is 9.29. The summed E-state index contributed by atoms with van der Waals surface area (Å²) in [6.45, 7) is 1.80. The Bertz CT molecular complexity index is 576. The van der Waals surface area contributed by atoms with Crippen molar-refractivity contribution in [2.75, 3.05) is 5.32 Å². The summed E-state index contributed by atoms with van der Waals surface area (Å²) in [4.78, 5) is 16.0. The molecule has 5 nitrogen and oxygen atoms in total. The first-order valence-electron chi connectivity index (χ1n) is 5.34. The van der Waals surface area contributed by atoms with Gasteiger partial charge >= 0.3 is 0 Å². The Hall–Kier alpha value is -2.56. The number of hydrogen-bond acceptors (Lipinski definition) is 4. The highest BCUT2D eigenvalue weighted by Gasteiger charge is 2.16. The van der Waals surface area contributed by atoms with E-state index in [1.165, 1.54) is 18.2 Å². The minimum atomic E-state index is -0.608. The zero-order valence-corrected chi connectivity index (χ0v) is 9.71. The number of carbonyl (C=O) groups is 1. The molecule has 0 spiro atoms. The predicted molar refractivity (Wildman–Crippen MR) is 66.7 cm³/mol. The van der Waals surface area contributed by atoms with E-state index in [4.69, 9.17) is 0 Å². The van der Waals surface area contributed by atoms with Crippen LogP contribution in [0.5, 0.6) is 11.5 Å². The number of nitrogens with one attached hydrogen (secondary N) is 1. The molecule has 1 aromatic carbocycles. The van der Waals surface area contributed by atoms with Crippen molar-refractivity contribution in [2.24, 2.45) is 0 Å². The van der Waals surface area contributed by atoms with E-state index in [-0.39, 0.29) is 17.1 Å². The second kappa shape index (κ2) is 4.75. The van der Waals surface area contributed by atoms with Gasteiger partial charge in [-0.1, -0.05) is 12.1 Å². The van der Waals surface area contributed by atoms with Gasteiger partial charge in [-0.3, -0.25) is 4.79 Å². The predicted octanol–water partition coefficient (Wildman–Crippen LogP) is 2.05. The van der Waals surface area contributed by atoms with E-state index >= 15 is 0 Å². The van der Waals surface area contributed by atoms with Gasteiger partial charge in [0.2, 0.25) is 0 Å². The van der Waals surface area contributed by atoms with E-state index in [1.54, 1.807) is 25.1 Å². The summed E-state index contributed by atoms with van der Waals surface area (Å²) in [6.07, 6.45) is 0. The van der Waals surface area contributed by atoms with Gasteiger partial charge in [0.25, 0.3) is 5.91 Å². The van der Waals surface area contributed by atoms with Crippen LogP contribution < -0.4 is 5.32 Å².